The molecule has 1 heterocycles. The Morgan fingerprint density at radius 1 is 1.50 bits per heavy atom. The quantitative estimate of drug-likeness (QED) is 0.614. The fourth-order valence-electron chi connectivity index (χ4n) is 2.19. The predicted octanol–water partition coefficient (Wildman–Crippen LogP) is 0.392. The van der Waals surface area contributed by atoms with Gasteiger partial charge < -0.3 is 10.4 Å². The summed E-state index contributed by atoms with van der Waals surface area (Å²) in [4.78, 5) is 10.1. The van der Waals surface area contributed by atoms with E-state index in [1.807, 2.05) is 0 Å². The number of anilines is 1. The van der Waals surface area contributed by atoms with Gasteiger partial charge in [0.15, 0.2) is 4.90 Å². The first-order chi connectivity index (χ1) is 9.37. The standard InChI is InChI=1S/C11H15N3O5S/c1-12-9-3-2-4-10(11(9)14(16)17)20(18,19)13-6-5-8(15)7-13/h2-4,8,12,15H,5-7H2,1H3. The number of nitro groups is 1. The van der Waals surface area contributed by atoms with Crippen molar-refractivity contribution in [3.8, 4) is 0 Å². The molecule has 2 N–H and O–H groups in total. The van der Waals surface area contributed by atoms with E-state index in [9.17, 15) is 23.6 Å². The number of sulfonamides is 1. The smallest absolute Gasteiger partial charge is 0.312 e. The van der Waals surface area contributed by atoms with Gasteiger partial charge in [0.1, 0.15) is 5.69 Å². The van der Waals surface area contributed by atoms with Crippen molar-refractivity contribution >= 4 is 21.4 Å². The summed E-state index contributed by atoms with van der Waals surface area (Å²) in [5.74, 6) is 0. The van der Waals surface area contributed by atoms with Gasteiger partial charge in [-0.15, -0.1) is 0 Å². The first-order valence-corrected chi connectivity index (χ1v) is 7.45. The lowest BCUT2D eigenvalue weighted by Gasteiger charge is -2.16. The molecule has 0 bridgehead atoms. The Hall–Kier alpha value is -1.71. The number of rotatable bonds is 4. The maximum atomic E-state index is 12.5. The van der Waals surface area contributed by atoms with Crippen molar-refractivity contribution in [2.75, 3.05) is 25.5 Å². The second-order valence-corrected chi connectivity index (χ2v) is 6.37. The molecule has 1 aromatic carbocycles. The van der Waals surface area contributed by atoms with Gasteiger partial charge in [-0.2, -0.15) is 4.31 Å². The molecule has 1 saturated heterocycles. The van der Waals surface area contributed by atoms with Crippen LogP contribution in [-0.4, -0.2) is 49.0 Å². The number of aliphatic hydroxyl groups is 1. The second kappa shape index (κ2) is 5.35. The van der Waals surface area contributed by atoms with Crippen molar-refractivity contribution in [2.45, 2.75) is 17.4 Å². The second-order valence-electron chi connectivity index (χ2n) is 4.46. The van der Waals surface area contributed by atoms with E-state index in [1.54, 1.807) is 0 Å². The number of nitro benzene ring substituents is 1. The SMILES string of the molecule is CNc1cccc(S(=O)(=O)N2CCC(O)C2)c1[N+](=O)[O-]. The van der Waals surface area contributed by atoms with E-state index >= 15 is 0 Å². The minimum absolute atomic E-state index is 0.0384. The normalized spacial score (nSPS) is 20.0. The number of nitrogens with one attached hydrogen (secondary N) is 1. The molecule has 0 aliphatic carbocycles. The van der Waals surface area contributed by atoms with Gasteiger partial charge in [0.25, 0.3) is 0 Å². The van der Waals surface area contributed by atoms with Crippen LogP contribution in [0.4, 0.5) is 11.4 Å². The number of benzene rings is 1. The third-order valence-electron chi connectivity index (χ3n) is 3.19. The van der Waals surface area contributed by atoms with Crippen molar-refractivity contribution in [1.29, 1.82) is 0 Å². The zero-order valence-electron chi connectivity index (χ0n) is 10.8. The van der Waals surface area contributed by atoms with E-state index < -0.39 is 26.7 Å². The molecule has 1 aromatic rings. The first kappa shape index (κ1) is 14.7. The lowest BCUT2D eigenvalue weighted by molar-refractivity contribution is -0.386. The molecule has 0 amide bonds. The summed E-state index contributed by atoms with van der Waals surface area (Å²) in [5.41, 5.74) is -0.341. The number of hydrogen-bond donors (Lipinski definition) is 2. The molecule has 0 aromatic heterocycles. The van der Waals surface area contributed by atoms with Crippen molar-refractivity contribution in [1.82, 2.24) is 4.31 Å². The molecular weight excluding hydrogens is 286 g/mol. The van der Waals surface area contributed by atoms with Crippen LogP contribution in [0.1, 0.15) is 6.42 Å². The van der Waals surface area contributed by atoms with Gasteiger partial charge in [-0.25, -0.2) is 8.42 Å². The largest absolute Gasteiger partial charge is 0.392 e. The fraction of sp³-hybridized carbons (Fsp3) is 0.455. The molecule has 2 rings (SSSR count). The van der Waals surface area contributed by atoms with E-state index in [1.165, 1.54) is 25.2 Å². The number of β-amino-alcohol motifs (C(OH)–C–C–N with tert-alkyl or cyclic N) is 1. The Morgan fingerprint density at radius 3 is 2.70 bits per heavy atom. The van der Waals surface area contributed by atoms with E-state index in [0.29, 0.717) is 6.42 Å². The van der Waals surface area contributed by atoms with Gasteiger partial charge in [0, 0.05) is 20.1 Å². The molecule has 110 valence electrons. The Balaban J connectivity index is 2.54. The monoisotopic (exact) mass is 301 g/mol. The minimum atomic E-state index is -3.99. The average Bonchev–Trinajstić information content (AvgIpc) is 2.85. The summed E-state index contributed by atoms with van der Waals surface area (Å²) in [6.45, 7) is 0.119. The van der Waals surface area contributed by atoms with Crippen molar-refractivity contribution < 1.29 is 18.4 Å². The molecule has 1 unspecified atom stereocenters. The van der Waals surface area contributed by atoms with Gasteiger partial charge >= 0.3 is 5.69 Å². The maximum Gasteiger partial charge on any atom is 0.312 e. The molecule has 1 fully saturated rings. The van der Waals surface area contributed by atoms with Crippen LogP contribution in [0.3, 0.4) is 0 Å². The van der Waals surface area contributed by atoms with Crippen LogP contribution in [0.5, 0.6) is 0 Å². The molecule has 1 aliphatic heterocycles. The summed E-state index contributed by atoms with van der Waals surface area (Å²) in [6, 6.07) is 4.09. The molecule has 8 nitrogen and oxygen atoms in total. The zero-order valence-corrected chi connectivity index (χ0v) is 11.6. The van der Waals surface area contributed by atoms with Crippen molar-refractivity contribution in [2.24, 2.45) is 0 Å². The molecule has 0 radical (unpaired) electrons. The van der Waals surface area contributed by atoms with Crippen molar-refractivity contribution in [3.63, 3.8) is 0 Å². The lowest BCUT2D eigenvalue weighted by Crippen LogP contribution is -2.30. The van der Waals surface area contributed by atoms with Gasteiger partial charge in [0.2, 0.25) is 10.0 Å². The van der Waals surface area contributed by atoms with Crippen LogP contribution in [0, 0.1) is 10.1 Å². The summed E-state index contributed by atoms with van der Waals surface area (Å²) >= 11 is 0. The Morgan fingerprint density at radius 2 is 2.20 bits per heavy atom. The highest BCUT2D eigenvalue weighted by Gasteiger charge is 2.37. The van der Waals surface area contributed by atoms with Crippen LogP contribution in [0.15, 0.2) is 23.1 Å². The van der Waals surface area contributed by atoms with E-state index in [-0.39, 0.29) is 23.7 Å². The molecule has 20 heavy (non-hydrogen) atoms. The fourth-order valence-corrected chi connectivity index (χ4v) is 3.86. The van der Waals surface area contributed by atoms with E-state index in [0.717, 1.165) is 4.31 Å². The molecule has 1 atom stereocenters. The zero-order chi connectivity index (χ0) is 14.9. The topological polar surface area (TPSA) is 113 Å². The van der Waals surface area contributed by atoms with E-state index in [4.69, 9.17) is 0 Å². The molecule has 9 heteroatoms. The Kier molecular flexibility index (Phi) is 3.93. The number of nitrogens with zero attached hydrogens (tertiary/aromatic N) is 2. The van der Waals surface area contributed by atoms with Gasteiger partial charge in [-0.3, -0.25) is 10.1 Å². The number of hydrogen-bond acceptors (Lipinski definition) is 6. The Labute approximate surface area is 116 Å². The predicted molar refractivity (Wildman–Crippen MR) is 72.0 cm³/mol. The highest BCUT2D eigenvalue weighted by atomic mass is 32.2. The summed E-state index contributed by atoms with van der Waals surface area (Å²) in [5, 5.41) is 23.2. The Bertz CT molecular complexity index is 631. The van der Waals surface area contributed by atoms with Crippen LogP contribution >= 0.6 is 0 Å². The highest BCUT2D eigenvalue weighted by Crippen LogP contribution is 2.34. The molecule has 0 saturated carbocycles. The maximum absolute atomic E-state index is 12.5. The average molecular weight is 301 g/mol. The summed E-state index contributed by atoms with van der Waals surface area (Å²) in [7, 11) is -2.50. The third kappa shape index (κ3) is 2.47. The third-order valence-corrected chi connectivity index (χ3v) is 5.09. The number of aliphatic hydroxyl groups excluding tert-OH is 1. The first-order valence-electron chi connectivity index (χ1n) is 6.01. The molecular formula is C11H15N3O5S. The molecule has 1 aliphatic rings. The van der Waals surface area contributed by atoms with Gasteiger partial charge in [-0.05, 0) is 18.6 Å². The van der Waals surface area contributed by atoms with Crippen LogP contribution < -0.4 is 5.32 Å². The van der Waals surface area contributed by atoms with Crippen LogP contribution in [0.25, 0.3) is 0 Å². The number of para-hydroxylation sites is 1. The van der Waals surface area contributed by atoms with Gasteiger partial charge in [0.05, 0.1) is 11.0 Å². The molecule has 0 spiro atoms. The highest BCUT2D eigenvalue weighted by molar-refractivity contribution is 7.89. The van der Waals surface area contributed by atoms with Crippen LogP contribution in [0.2, 0.25) is 0 Å². The summed E-state index contributed by atoms with van der Waals surface area (Å²) < 4.78 is 26.0. The van der Waals surface area contributed by atoms with Crippen molar-refractivity contribution in [3.05, 3.63) is 28.3 Å². The lowest BCUT2D eigenvalue weighted by atomic mass is 10.3. The minimum Gasteiger partial charge on any atom is -0.392 e. The van der Waals surface area contributed by atoms with E-state index in [2.05, 4.69) is 5.32 Å². The summed E-state index contributed by atoms with van der Waals surface area (Å²) in [6.07, 6.45) is -0.394. The van der Waals surface area contributed by atoms with Crippen LogP contribution in [-0.2, 0) is 10.0 Å². The van der Waals surface area contributed by atoms with Gasteiger partial charge in [-0.1, -0.05) is 6.07 Å².